The fraction of sp³-hybridized carbons (Fsp3) is 0.222. The van der Waals surface area contributed by atoms with Gasteiger partial charge in [0.05, 0.1) is 0 Å². The van der Waals surface area contributed by atoms with Crippen LogP contribution >= 0.6 is 0 Å². The van der Waals surface area contributed by atoms with E-state index in [-0.39, 0.29) is 17.1 Å². The fourth-order valence-electron chi connectivity index (χ4n) is 0.938. The quantitative estimate of drug-likeness (QED) is 0.689. The number of aromatic hydroxyl groups is 1. The number of Topliss-reactive ketones (excluding diaryl/α,β-unsaturated/α-hetero) is 1. The van der Waals surface area contributed by atoms with Gasteiger partial charge in [-0.25, -0.2) is 0 Å². The van der Waals surface area contributed by atoms with Crippen molar-refractivity contribution in [3.05, 3.63) is 29.8 Å². The molecule has 0 aliphatic rings. The van der Waals surface area contributed by atoms with E-state index in [4.69, 9.17) is 0 Å². The molecule has 0 fully saturated rings. The largest absolute Gasteiger partial charge is 0.508 e. The molecule has 0 aliphatic carbocycles. The molecule has 0 radical (unpaired) electrons. The fourth-order valence-corrected chi connectivity index (χ4v) is 0.938. The highest BCUT2D eigenvalue weighted by Crippen LogP contribution is 2.23. The molecule has 64 valence electrons. The summed E-state index contributed by atoms with van der Waals surface area (Å²) in [4.78, 5) is 10.7. The van der Waals surface area contributed by atoms with Crippen LogP contribution in [0.4, 0.5) is 0 Å². The van der Waals surface area contributed by atoms with Gasteiger partial charge in [-0.2, -0.15) is 0 Å². The Morgan fingerprint density at radius 1 is 1.42 bits per heavy atom. The zero-order chi connectivity index (χ0) is 9.14. The van der Waals surface area contributed by atoms with Crippen molar-refractivity contribution < 1.29 is 15.0 Å². The van der Waals surface area contributed by atoms with Crippen LogP contribution in [0, 0.1) is 0 Å². The standard InChI is InChI=1S/C9H10O3/c1-6(10)9(12)7-4-2-3-5-8(7)11/h2-5,9,11-12H,1H3/t9-/m1/s1. The van der Waals surface area contributed by atoms with E-state index in [2.05, 4.69) is 0 Å². The second-order valence-electron chi connectivity index (χ2n) is 2.57. The Balaban J connectivity index is 3.02. The van der Waals surface area contributed by atoms with Crippen LogP contribution in [0.2, 0.25) is 0 Å². The summed E-state index contributed by atoms with van der Waals surface area (Å²) in [6, 6.07) is 6.23. The van der Waals surface area contributed by atoms with E-state index in [9.17, 15) is 15.0 Å². The Morgan fingerprint density at radius 3 is 2.50 bits per heavy atom. The second-order valence-corrected chi connectivity index (χ2v) is 2.57. The van der Waals surface area contributed by atoms with Gasteiger partial charge >= 0.3 is 0 Å². The molecule has 0 amide bonds. The molecular weight excluding hydrogens is 156 g/mol. The molecule has 3 heteroatoms. The molecule has 0 aliphatic heterocycles. The third-order valence-corrected chi connectivity index (χ3v) is 1.62. The molecule has 0 aromatic heterocycles. The molecular formula is C9H10O3. The SMILES string of the molecule is CC(=O)[C@@H](O)c1ccccc1O. The molecule has 0 saturated carbocycles. The lowest BCUT2D eigenvalue weighted by Crippen LogP contribution is -2.07. The van der Waals surface area contributed by atoms with Gasteiger partial charge in [-0.1, -0.05) is 18.2 Å². The number of hydrogen-bond acceptors (Lipinski definition) is 3. The number of ketones is 1. The third-order valence-electron chi connectivity index (χ3n) is 1.62. The highest BCUT2D eigenvalue weighted by Gasteiger charge is 2.15. The Kier molecular flexibility index (Phi) is 2.45. The Morgan fingerprint density at radius 2 is 2.00 bits per heavy atom. The number of carbonyl (C=O) groups is 1. The van der Waals surface area contributed by atoms with Crippen molar-refractivity contribution in [3.63, 3.8) is 0 Å². The number of para-hydroxylation sites is 1. The van der Waals surface area contributed by atoms with Crippen LogP contribution < -0.4 is 0 Å². The van der Waals surface area contributed by atoms with Crippen LogP contribution in [0.1, 0.15) is 18.6 Å². The minimum atomic E-state index is -1.22. The predicted octanol–water partition coefficient (Wildman–Crippen LogP) is 1.01. The third kappa shape index (κ3) is 1.62. The van der Waals surface area contributed by atoms with Gasteiger partial charge in [0.1, 0.15) is 11.9 Å². The average molecular weight is 166 g/mol. The summed E-state index contributed by atoms with van der Waals surface area (Å²) in [5, 5.41) is 18.5. The van der Waals surface area contributed by atoms with Crippen LogP contribution in [0.15, 0.2) is 24.3 Å². The molecule has 2 N–H and O–H groups in total. The van der Waals surface area contributed by atoms with E-state index >= 15 is 0 Å². The zero-order valence-corrected chi connectivity index (χ0v) is 6.69. The lowest BCUT2D eigenvalue weighted by atomic mass is 10.1. The van der Waals surface area contributed by atoms with Crippen LogP contribution in [0.25, 0.3) is 0 Å². The summed E-state index contributed by atoms with van der Waals surface area (Å²) in [5.41, 5.74) is 0.255. The second kappa shape index (κ2) is 3.36. The predicted molar refractivity (Wildman–Crippen MR) is 43.7 cm³/mol. The van der Waals surface area contributed by atoms with E-state index in [0.717, 1.165) is 0 Å². The van der Waals surface area contributed by atoms with E-state index in [1.807, 2.05) is 0 Å². The van der Waals surface area contributed by atoms with Crippen molar-refractivity contribution in [2.24, 2.45) is 0 Å². The topological polar surface area (TPSA) is 57.5 Å². The van der Waals surface area contributed by atoms with Gasteiger partial charge < -0.3 is 10.2 Å². The summed E-state index contributed by atoms with van der Waals surface area (Å²) in [6.07, 6.45) is -1.22. The summed E-state index contributed by atoms with van der Waals surface area (Å²) >= 11 is 0. The van der Waals surface area contributed by atoms with Crippen LogP contribution in [0.5, 0.6) is 5.75 Å². The van der Waals surface area contributed by atoms with E-state index < -0.39 is 6.10 Å². The molecule has 1 aromatic rings. The van der Waals surface area contributed by atoms with Gasteiger partial charge in [0.15, 0.2) is 5.78 Å². The lowest BCUT2D eigenvalue weighted by molar-refractivity contribution is -0.125. The normalized spacial score (nSPS) is 12.5. The number of aliphatic hydroxyl groups excluding tert-OH is 1. The minimum Gasteiger partial charge on any atom is -0.508 e. The van der Waals surface area contributed by atoms with Crippen molar-refractivity contribution in [2.75, 3.05) is 0 Å². The summed E-state index contributed by atoms with van der Waals surface area (Å²) < 4.78 is 0. The molecule has 3 nitrogen and oxygen atoms in total. The first kappa shape index (κ1) is 8.74. The van der Waals surface area contributed by atoms with Crippen LogP contribution in [-0.2, 0) is 4.79 Å². The summed E-state index contributed by atoms with van der Waals surface area (Å²) in [5.74, 6) is -0.434. The number of hydrogen-bond donors (Lipinski definition) is 2. The Labute approximate surface area is 70.3 Å². The summed E-state index contributed by atoms with van der Waals surface area (Å²) in [7, 11) is 0. The number of rotatable bonds is 2. The molecule has 0 unspecified atom stereocenters. The number of phenols is 1. The maximum Gasteiger partial charge on any atom is 0.162 e. The monoisotopic (exact) mass is 166 g/mol. The van der Waals surface area contributed by atoms with Gasteiger partial charge in [-0.3, -0.25) is 4.79 Å². The smallest absolute Gasteiger partial charge is 0.162 e. The van der Waals surface area contributed by atoms with Crippen LogP contribution in [-0.4, -0.2) is 16.0 Å². The number of phenolic OH excluding ortho intramolecular Hbond substituents is 1. The molecule has 0 saturated heterocycles. The first-order valence-electron chi connectivity index (χ1n) is 3.59. The molecule has 0 spiro atoms. The maximum atomic E-state index is 10.7. The van der Waals surface area contributed by atoms with Gasteiger partial charge in [-0.05, 0) is 13.0 Å². The van der Waals surface area contributed by atoms with Crippen molar-refractivity contribution >= 4 is 5.78 Å². The van der Waals surface area contributed by atoms with E-state index in [0.29, 0.717) is 0 Å². The first-order valence-corrected chi connectivity index (χ1v) is 3.59. The van der Waals surface area contributed by atoms with Gasteiger partial charge in [0, 0.05) is 5.56 Å². The molecule has 1 aromatic carbocycles. The van der Waals surface area contributed by atoms with Crippen molar-refractivity contribution in [1.29, 1.82) is 0 Å². The highest BCUT2D eigenvalue weighted by atomic mass is 16.3. The Bertz CT molecular complexity index is 294. The average Bonchev–Trinajstić information content (AvgIpc) is 2.04. The number of carbonyl (C=O) groups excluding carboxylic acids is 1. The summed E-state index contributed by atoms with van der Waals surface area (Å²) in [6.45, 7) is 1.27. The molecule has 1 atom stereocenters. The van der Waals surface area contributed by atoms with E-state index in [1.165, 1.54) is 19.1 Å². The van der Waals surface area contributed by atoms with Crippen LogP contribution in [0.3, 0.4) is 0 Å². The van der Waals surface area contributed by atoms with E-state index in [1.54, 1.807) is 12.1 Å². The van der Waals surface area contributed by atoms with Crippen molar-refractivity contribution in [2.45, 2.75) is 13.0 Å². The maximum absolute atomic E-state index is 10.7. The van der Waals surface area contributed by atoms with Gasteiger partial charge in [0.25, 0.3) is 0 Å². The Hall–Kier alpha value is -1.35. The zero-order valence-electron chi connectivity index (χ0n) is 6.69. The molecule has 1 rings (SSSR count). The molecule has 0 bridgehead atoms. The highest BCUT2D eigenvalue weighted by molar-refractivity contribution is 5.82. The van der Waals surface area contributed by atoms with Gasteiger partial charge in [0.2, 0.25) is 0 Å². The first-order chi connectivity index (χ1) is 5.63. The van der Waals surface area contributed by atoms with Crippen molar-refractivity contribution in [3.8, 4) is 5.75 Å². The molecule has 0 heterocycles. The van der Waals surface area contributed by atoms with Gasteiger partial charge in [-0.15, -0.1) is 0 Å². The lowest BCUT2D eigenvalue weighted by Gasteiger charge is -2.07. The molecule has 12 heavy (non-hydrogen) atoms. The number of aliphatic hydroxyl groups is 1. The van der Waals surface area contributed by atoms with Crippen molar-refractivity contribution in [1.82, 2.24) is 0 Å². The minimum absolute atomic E-state index is 0.0554. The number of benzene rings is 1.